The van der Waals surface area contributed by atoms with E-state index in [9.17, 15) is 13.2 Å². The molecular formula is C11H7F3O2. The Kier molecular flexibility index (Phi) is 2.60. The van der Waals surface area contributed by atoms with Crippen molar-refractivity contribution in [3.8, 4) is 11.5 Å². The fourth-order valence-corrected chi connectivity index (χ4v) is 1.51. The second-order valence-electron chi connectivity index (χ2n) is 3.15. The minimum atomic E-state index is -1.21. The smallest absolute Gasteiger partial charge is 0.228 e. The number of benzene rings is 2. The molecule has 2 nitrogen and oxygen atoms in total. The van der Waals surface area contributed by atoms with E-state index < -0.39 is 18.5 Å². The summed E-state index contributed by atoms with van der Waals surface area (Å²) in [5, 5.41) is 9.22. The summed E-state index contributed by atoms with van der Waals surface area (Å²) in [4.78, 5) is 0. The summed E-state index contributed by atoms with van der Waals surface area (Å²) < 4.78 is 43.1. The monoisotopic (exact) mass is 228 g/mol. The Labute approximate surface area is 88.9 Å². The summed E-state index contributed by atoms with van der Waals surface area (Å²) in [6.45, 7) is -1.21. The van der Waals surface area contributed by atoms with Gasteiger partial charge < -0.3 is 9.84 Å². The number of ether oxygens (including phenoxy) is 1. The fourth-order valence-electron chi connectivity index (χ4n) is 1.51. The highest BCUT2D eigenvalue weighted by Crippen LogP contribution is 2.33. The predicted octanol–water partition coefficient (Wildman–Crippen LogP) is 3.13. The third-order valence-electron chi connectivity index (χ3n) is 2.17. The van der Waals surface area contributed by atoms with Crippen LogP contribution in [0, 0.1) is 11.6 Å². The van der Waals surface area contributed by atoms with Gasteiger partial charge in [0.1, 0.15) is 11.6 Å². The Balaban J connectivity index is 2.79. The lowest BCUT2D eigenvalue weighted by Gasteiger charge is -2.08. The maximum Gasteiger partial charge on any atom is 0.228 e. The minimum Gasteiger partial charge on any atom is -0.508 e. The Hall–Kier alpha value is -1.91. The van der Waals surface area contributed by atoms with Crippen LogP contribution in [-0.4, -0.2) is 12.0 Å². The molecule has 0 spiro atoms. The van der Waals surface area contributed by atoms with Crippen molar-refractivity contribution in [3.63, 3.8) is 0 Å². The first-order valence-corrected chi connectivity index (χ1v) is 4.43. The molecule has 0 aliphatic carbocycles. The number of hydrogen-bond acceptors (Lipinski definition) is 2. The number of fused-ring (bicyclic) bond motifs is 1. The predicted molar refractivity (Wildman–Crippen MR) is 52.1 cm³/mol. The molecule has 0 saturated heterocycles. The molecule has 0 bridgehead atoms. The highest BCUT2D eigenvalue weighted by molar-refractivity contribution is 5.90. The standard InChI is InChI=1S/C11H7F3O2/c12-5-16-11-7-2-1-6(15)3-8(7)9(13)4-10(11)14/h1-4,15H,5H2. The van der Waals surface area contributed by atoms with E-state index in [0.29, 0.717) is 6.07 Å². The van der Waals surface area contributed by atoms with E-state index in [1.807, 2.05) is 0 Å². The van der Waals surface area contributed by atoms with Crippen LogP contribution in [-0.2, 0) is 0 Å². The van der Waals surface area contributed by atoms with Gasteiger partial charge in [-0.3, -0.25) is 0 Å². The Morgan fingerprint density at radius 1 is 1.06 bits per heavy atom. The van der Waals surface area contributed by atoms with Crippen LogP contribution >= 0.6 is 0 Å². The zero-order chi connectivity index (χ0) is 11.7. The van der Waals surface area contributed by atoms with Gasteiger partial charge in [0.25, 0.3) is 0 Å². The van der Waals surface area contributed by atoms with Gasteiger partial charge in [-0.25, -0.2) is 13.2 Å². The zero-order valence-corrected chi connectivity index (χ0v) is 8.01. The molecule has 0 atom stereocenters. The van der Waals surface area contributed by atoms with Crippen LogP contribution in [0.3, 0.4) is 0 Å². The normalized spacial score (nSPS) is 10.7. The lowest BCUT2D eigenvalue weighted by atomic mass is 10.1. The van der Waals surface area contributed by atoms with Crippen molar-refractivity contribution in [2.24, 2.45) is 0 Å². The van der Waals surface area contributed by atoms with Crippen molar-refractivity contribution in [1.82, 2.24) is 0 Å². The van der Waals surface area contributed by atoms with Crippen LogP contribution in [0.2, 0.25) is 0 Å². The average molecular weight is 228 g/mol. The summed E-state index contributed by atoms with van der Waals surface area (Å²) in [6, 6.07) is 4.22. The van der Waals surface area contributed by atoms with Crippen molar-refractivity contribution in [2.75, 3.05) is 6.86 Å². The van der Waals surface area contributed by atoms with Gasteiger partial charge >= 0.3 is 0 Å². The van der Waals surface area contributed by atoms with Crippen LogP contribution in [0.1, 0.15) is 0 Å². The van der Waals surface area contributed by atoms with Crippen LogP contribution in [0.4, 0.5) is 13.2 Å². The molecule has 0 heterocycles. The average Bonchev–Trinajstić information content (AvgIpc) is 2.24. The number of halogens is 3. The Morgan fingerprint density at radius 2 is 1.81 bits per heavy atom. The first kappa shape index (κ1) is 10.6. The van der Waals surface area contributed by atoms with E-state index in [-0.39, 0.29) is 22.3 Å². The third kappa shape index (κ3) is 1.64. The van der Waals surface area contributed by atoms with Crippen LogP contribution in [0.15, 0.2) is 24.3 Å². The molecule has 2 aromatic rings. The van der Waals surface area contributed by atoms with E-state index in [1.165, 1.54) is 12.1 Å². The van der Waals surface area contributed by atoms with Gasteiger partial charge in [0.05, 0.1) is 0 Å². The van der Waals surface area contributed by atoms with Gasteiger partial charge in [0.2, 0.25) is 6.86 Å². The molecular weight excluding hydrogens is 221 g/mol. The number of phenolic OH excluding ortho intramolecular Hbond substituents is 1. The molecule has 0 aliphatic heterocycles. The Bertz CT molecular complexity index is 540. The molecule has 0 aliphatic rings. The van der Waals surface area contributed by atoms with Gasteiger partial charge in [-0.05, 0) is 18.2 Å². The summed E-state index contributed by atoms with van der Waals surface area (Å²) in [6.07, 6.45) is 0. The molecule has 2 aromatic carbocycles. The molecule has 0 aromatic heterocycles. The van der Waals surface area contributed by atoms with Crippen LogP contribution in [0.5, 0.6) is 11.5 Å². The second-order valence-corrected chi connectivity index (χ2v) is 3.15. The van der Waals surface area contributed by atoms with E-state index in [4.69, 9.17) is 5.11 Å². The topological polar surface area (TPSA) is 29.5 Å². The number of rotatable bonds is 2. The quantitative estimate of drug-likeness (QED) is 0.855. The van der Waals surface area contributed by atoms with Crippen LogP contribution in [0.25, 0.3) is 10.8 Å². The molecule has 1 N–H and O–H groups in total. The van der Waals surface area contributed by atoms with Gasteiger partial charge in [-0.15, -0.1) is 0 Å². The van der Waals surface area contributed by atoms with E-state index in [1.54, 1.807) is 0 Å². The lowest BCUT2D eigenvalue weighted by Crippen LogP contribution is -1.96. The van der Waals surface area contributed by atoms with Gasteiger partial charge in [0.15, 0.2) is 11.6 Å². The molecule has 0 amide bonds. The van der Waals surface area contributed by atoms with Crippen molar-refractivity contribution >= 4 is 10.8 Å². The van der Waals surface area contributed by atoms with Crippen molar-refractivity contribution in [3.05, 3.63) is 35.9 Å². The maximum absolute atomic E-state index is 13.3. The van der Waals surface area contributed by atoms with Crippen molar-refractivity contribution in [1.29, 1.82) is 0 Å². The molecule has 5 heteroatoms. The summed E-state index contributed by atoms with van der Waals surface area (Å²) in [5.74, 6) is -2.34. The summed E-state index contributed by atoms with van der Waals surface area (Å²) in [7, 11) is 0. The van der Waals surface area contributed by atoms with Gasteiger partial charge in [-0.1, -0.05) is 0 Å². The third-order valence-corrected chi connectivity index (χ3v) is 2.17. The van der Waals surface area contributed by atoms with Crippen molar-refractivity contribution < 1.29 is 23.0 Å². The fraction of sp³-hybridized carbons (Fsp3) is 0.0909. The molecule has 2 rings (SSSR count). The van der Waals surface area contributed by atoms with Gasteiger partial charge in [0, 0.05) is 16.8 Å². The molecule has 0 radical (unpaired) electrons. The lowest BCUT2D eigenvalue weighted by molar-refractivity contribution is 0.186. The van der Waals surface area contributed by atoms with Crippen LogP contribution < -0.4 is 4.74 Å². The SMILES string of the molecule is Oc1ccc2c(OCF)c(F)cc(F)c2c1. The molecule has 16 heavy (non-hydrogen) atoms. The maximum atomic E-state index is 13.3. The summed E-state index contributed by atoms with van der Waals surface area (Å²) in [5.41, 5.74) is 0. The zero-order valence-electron chi connectivity index (χ0n) is 8.01. The second kappa shape index (κ2) is 3.92. The molecule has 0 unspecified atom stereocenters. The largest absolute Gasteiger partial charge is 0.508 e. The first-order valence-electron chi connectivity index (χ1n) is 4.43. The number of hydrogen-bond donors (Lipinski definition) is 1. The number of aromatic hydroxyl groups is 1. The molecule has 84 valence electrons. The minimum absolute atomic E-state index is 0.0233. The highest BCUT2D eigenvalue weighted by atomic mass is 19.1. The first-order chi connectivity index (χ1) is 7.63. The number of alkyl halides is 1. The number of phenols is 1. The summed E-state index contributed by atoms with van der Waals surface area (Å²) >= 11 is 0. The van der Waals surface area contributed by atoms with Crippen molar-refractivity contribution in [2.45, 2.75) is 0 Å². The van der Waals surface area contributed by atoms with E-state index >= 15 is 0 Å². The highest BCUT2D eigenvalue weighted by Gasteiger charge is 2.14. The van der Waals surface area contributed by atoms with Gasteiger partial charge in [-0.2, -0.15) is 0 Å². The Morgan fingerprint density at radius 3 is 2.50 bits per heavy atom. The van der Waals surface area contributed by atoms with E-state index in [0.717, 1.165) is 6.07 Å². The molecule has 0 fully saturated rings. The molecule has 0 saturated carbocycles. The van der Waals surface area contributed by atoms with E-state index in [2.05, 4.69) is 4.74 Å².